The van der Waals surface area contributed by atoms with Crippen LogP contribution in [0.3, 0.4) is 0 Å². The summed E-state index contributed by atoms with van der Waals surface area (Å²) in [5.74, 6) is 0.879. The molecule has 20 heavy (non-hydrogen) atoms. The molecule has 0 fully saturated rings. The summed E-state index contributed by atoms with van der Waals surface area (Å²) in [5.41, 5.74) is 0.949. The molecule has 0 saturated heterocycles. The predicted molar refractivity (Wildman–Crippen MR) is 86.1 cm³/mol. The van der Waals surface area contributed by atoms with Gasteiger partial charge in [0.05, 0.1) is 5.52 Å². The molecular formula is C15H20BrN3O. The molecule has 1 N–H and O–H groups in total. The molecule has 2 aromatic rings. The van der Waals surface area contributed by atoms with Crippen LogP contribution in [-0.2, 0) is 4.74 Å². The minimum Gasteiger partial charge on any atom is -0.381 e. The first kappa shape index (κ1) is 15.2. The first-order valence-electron chi connectivity index (χ1n) is 7.03. The van der Waals surface area contributed by atoms with Crippen molar-refractivity contribution in [3.05, 3.63) is 29.0 Å². The Kier molecular flexibility index (Phi) is 6.21. The lowest BCUT2D eigenvalue weighted by Gasteiger charge is -2.08. The molecule has 0 spiro atoms. The Morgan fingerprint density at radius 2 is 2.05 bits per heavy atom. The lowest BCUT2D eigenvalue weighted by Crippen LogP contribution is -2.08. The molecule has 2 rings (SSSR count). The number of rotatable bonds is 8. The molecule has 0 aliphatic heterocycles. The summed E-state index contributed by atoms with van der Waals surface area (Å²) < 4.78 is 6.57. The first-order valence-corrected chi connectivity index (χ1v) is 7.82. The van der Waals surface area contributed by atoms with Crippen LogP contribution in [0.1, 0.15) is 26.2 Å². The second kappa shape index (κ2) is 8.17. The first-order chi connectivity index (χ1) is 9.81. The molecule has 0 saturated carbocycles. The summed E-state index contributed by atoms with van der Waals surface area (Å²) in [6.45, 7) is 4.67. The van der Waals surface area contributed by atoms with E-state index in [0.717, 1.165) is 53.8 Å². The highest BCUT2D eigenvalue weighted by Crippen LogP contribution is 2.23. The molecule has 4 nitrogen and oxygen atoms in total. The molecule has 0 radical (unpaired) electrons. The molecule has 108 valence electrons. The van der Waals surface area contributed by atoms with E-state index >= 15 is 0 Å². The van der Waals surface area contributed by atoms with Crippen LogP contribution < -0.4 is 5.32 Å². The maximum Gasteiger partial charge on any atom is 0.137 e. The third-order valence-electron chi connectivity index (χ3n) is 3.00. The van der Waals surface area contributed by atoms with Crippen LogP contribution >= 0.6 is 15.9 Å². The van der Waals surface area contributed by atoms with E-state index in [1.54, 1.807) is 6.33 Å². The minimum absolute atomic E-state index is 0.791. The Morgan fingerprint density at radius 3 is 2.90 bits per heavy atom. The molecule has 0 atom stereocenters. The Hall–Kier alpha value is -1.20. The number of nitrogens with one attached hydrogen (secondary N) is 1. The minimum atomic E-state index is 0.791. The molecule has 0 unspecified atom stereocenters. The third kappa shape index (κ3) is 4.42. The van der Waals surface area contributed by atoms with Crippen LogP contribution in [0.5, 0.6) is 0 Å². The Labute approximate surface area is 128 Å². The fraction of sp³-hybridized carbons (Fsp3) is 0.467. The van der Waals surface area contributed by atoms with E-state index in [4.69, 9.17) is 4.74 Å². The Bertz CT molecular complexity index is 548. The van der Waals surface area contributed by atoms with Crippen molar-refractivity contribution >= 4 is 32.7 Å². The fourth-order valence-corrected chi connectivity index (χ4v) is 2.26. The fourth-order valence-electron chi connectivity index (χ4n) is 1.90. The van der Waals surface area contributed by atoms with Crippen LogP contribution in [0.15, 0.2) is 29.0 Å². The zero-order chi connectivity index (χ0) is 14.2. The van der Waals surface area contributed by atoms with Gasteiger partial charge in [0, 0.05) is 29.6 Å². The van der Waals surface area contributed by atoms with E-state index in [-0.39, 0.29) is 0 Å². The number of unbranched alkanes of at least 4 members (excludes halogenated alkanes) is 1. The lowest BCUT2D eigenvalue weighted by molar-refractivity contribution is 0.131. The Balaban J connectivity index is 1.85. The topological polar surface area (TPSA) is 47.0 Å². The molecule has 0 aliphatic rings. The van der Waals surface area contributed by atoms with Crippen LogP contribution in [0.25, 0.3) is 10.9 Å². The van der Waals surface area contributed by atoms with Gasteiger partial charge in [0.25, 0.3) is 0 Å². The molecule has 0 aliphatic carbocycles. The van der Waals surface area contributed by atoms with Crippen molar-refractivity contribution in [1.29, 1.82) is 0 Å². The number of aromatic nitrogens is 2. The number of fused-ring (bicyclic) bond motifs is 1. The summed E-state index contributed by atoms with van der Waals surface area (Å²) in [6, 6.07) is 6.01. The quantitative estimate of drug-likeness (QED) is 0.739. The zero-order valence-electron chi connectivity index (χ0n) is 11.7. The average Bonchev–Trinajstić information content (AvgIpc) is 2.46. The van der Waals surface area contributed by atoms with Crippen LogP contribution in [0.4, 0.5) is 5.82 Å². The van der Waals surface area contributed by atoms with Crippen molar-refractivity contribution in [1.82, 2.24) is 9.97 Å². The normalized spacial score (nSPS) is 10.9. The van der Waals surface area contributed by atoms with E-state index in [2.05, 4.69) is 38.1 Å². The van der Waals surface area contributed by atoms with Crippen molar-refractivity contribution in [2.45, 2.75) is 26.2 Å². The van der Waals surface area contributed by atoms with E-state index < -0.39 is 0 Å². The van der Waals surface area contributed by atoms with E-state index in [9.17, 15) is 0 Å². The maximum atomic E-state index is 5.54. The maximum absolute atomic E-state index is 5.54. The van der Waals surface area contributed by atoms with Crippen molar-refractivity contribution < 1.29 is 4.74 Å². The number of nitrogens with zero attached hydrogens (tertiary/aromatic N) is 2. The van der Waals surface area contributed by atoms with Gasteiger partial charge in [-0.1, -0.05) is 29.3 Å². The number of benzene rings is 1. The van der Waals surface area contributed by atoms with Gasteiger partial charge in [0.2, 0.25) is 0 Å². The highest BCUT2D eigenvalue weighted by Gasteiger charge is 2.03. The SMILES string of the molecule is CCCCOCCCNc1ncnc2ccc(Br)cc12. The monoisotopic (exact) mass is 337 g/mol. The van der Waals surface area contributed by atoms with Crippen molar-refractivity contribution in [3.8, 4) is 0 Å². The Morgan fingerprint density at radius 1 is 1.20 bits per heavy atom. The summed E-state index contributed by atoms with van der Waals surface area (Å²) >= 11 is 3.48. The number of anilines is 1. The van der Waals surface area contributed by atoms with E-state index in [1.165, 1.54) is 6.42 Å². The van der Waals surface area contributed by atoms with Gasteiger partial charge in [-0.3, -0.25) is 0 Å². The number of hydrogen-bond acceptors (Lipinski definition) is 4. The van der Waals surface area contributed by atoms with Gasteiger partial charge >= 0.3 is 0 Å². The highest BCUT2D eigenvalue weighted by atomic mass is 79.9. The van der Waals surface area contributed by atoms with Crippen molar-refractivity contribution in [2.24, 2.45) is 0 Å². The zero-order valence-corrected chi connectivity index (χ0v) is 13.3. The third-order valence-corrected chi connectivity index (χ3v) is 3.49. The molecule has 5 heteroatoms. The molecule has 0 bridgehead atoms. The molecule has 0 amide bonds. The van der Waals surface area contributed by atoms with Gasteiger partial charge in [-0.05, 0) is 31.0 Å². The van der Waals surface area contributed by atoms with Crippen LogP contribution in [-0.4, -0.2) is 29.7 Å². The van der Waals surface area contributed by atoms with Crippen LogP contribution in [0, 0.1) is 0 Å². The van der Waals surface area contributed by atoms with E-state index in [0.29, 0.717) is 0 Å². The van der Waals surface area contributed by atoms with Gasteiger partial charge in [0.1, 0.15) is 12.1 Å². The highest BCUT2D eigenvalue weighted by molar-refractivity contribution is 9.10. The van der Waals surface area contributed by atoms with Gasteiger partial charge in [-0.15, -0.1) is 0 Å². The second-order valence-electron chi connectivity index (χ2n) is 4.63. The summed E-state index contributed by atoms with van der Waals surface area (Å²) in [6.07, 6.45) is 4.89. The summed E-state index contributed by atoms with van der Waals surface area (Å²) in [7, 11) is 0. The van der Waals surface area contributed by atoms with E-state index in [1.807, 2.05) is 18.2 Å². The number of hydrogen-bond donors (Lipinski definition) is 1. The smallest absolute Gasteiger partial charge is 0.137 e. The summed E-state index contributed by atoms with van der Waals surface area (Å²) in [5, 5.41) is 4.39. The van der Waals surface area contributed by atoms with Gasteiger partial charge in [-0.25, -0.2) is 9.97 Å². The van der Waals surface area contributed by atoms with Crippen molar-refractivity contribution in [3.63, 3.8) is 0 Å². The lowest BCUT2D eigenvalue weighted by atomic mass is 10.2. The largest absolute Gasteiger partial charge is 0.381 e. The predicted octanol–water partition coefficient (Wildman–Crippen LogP) is 4.01. The standard InChI is InChI=1S/C15H20BrN3O/c1-2-3-8-20-9-4-7-17-15-13-10-12(16)5-6-14(13)18-11-19-15/h5-6,10-11H,2-4,7-9H2,1H3,(H,17,18,19). The van der Waals surface area contributed by atoms with Crippen LogP contribution in [0.2, 0.25) is 0 Å². The van der Waals surface area contributed by atoms with Gasteiger partial charge in [-0.2, -0.15) is 0 Å². The van der Waals surface area contributed by atoms with Gasteiger partial charge < -0.3 is 10.1 Å². The molecular weight excluding hydrogens is 318 g/mol. The van der Waals surface area contributed by atoms with Crippen molar-refractivity contribution in [2.75, 3.05) is 25.1 Å². The molecule has 1 aromatic carbocycles. The van der Waals surface area contributed by atoms with Gasteiger partial charge in [0.15, 0.2) is 0 Å². The molecule has 1 heterocycles. The average molecular weight is 338 g/mol. The number of halogens is 1. The summed E-state index contributed by atoms with van der Waals surface area (Å²) in [4.78, 5) is 8.58. The second-order valence-corrected chi connectivity index (χ2v) is 5.55. The number of ether oxygens (including phenoxy) is 1. The molecule has 1 aromatic heterocycles.